The Morgan fingerprint density at radius 2 is 2.36 bits per heavy atom. The van der Waals surface area contributed by atoms with Gasteiger partial charge in [0, 0.05) is 6.54 Å². The van der Waals surface area contributed by atoms with Crippen molar-refractivity contribution in [1.29, 1.82) is 0 Å². The monoisotopic (exact) mass is 198 g/mol. The predicted molar refractivity (Wildman–Crippen MR) is 52.8 cm³/mol. The molecule has 2 rings (SSSR count). The number of likely N-dealkylation sites (tertiary alicyclic amines) is 1. The molecule has 1 unspecified atom stereocenters. The highest BCUT2D eigenvalue weighted by molar-refractivity contribution is 5.83. The van der Waals surface area contributed by atoms with Gasteiger partial charge in [0.15, 0.2) is 0 Å². The van der Waals surface area contributed by atoms with Crippen molar-refractivity contribution in [2.24, 2.45) is 0 Å². The maximum Gasteiger partial charge on any atom is 0.240 e. The normalized spacial score (nSPS) is 30.6. The van der Waals surface area contributed by atoms with E-state index in [0.717, 1.165) is 32.2 Å². The molecule has 0 aromatic heterocycles. The first-order chi connectivity index (χ1) is 6.73. The second-order valence-corrected chi connectivity index (χ2v) is 4.36. The van der Waals surface area contributed by atoms with E-state index in [4.69, 9.17) is 0 Å². The third kappa shape index (κ3) is 1.42. The van der Waals surface area contributed by atoms with E-state index in [1.165, 1.54) is 0 Å². The van der Waals surface area contributed by atoms with Gasteiger partial charge in [-0.05, 0) is 32.7 Å². The van der Waals surface area contributed by atoms with E-state index in [2.05, 4.69) is 5.32 Å². The number of aliphatic hydroxyl groups is 1. The van der Waals surface area contributed by atoms with Crippen molar-refractivity contribution >= 4 is 5.91 Å². The van der Waals surface area contributed by atoms with E-state index in [-0.39, 0.29) is 24.1 Å². The fraction of sp³-hybridized carbons (Fsp3) is 0.900. The first-order valence-corrected chi connectivity index (χ1v) is 5.33. The number of likely N-dealkylation sites (N-methyl/N-ethyl adjacent to an activating group) is 1. The third-order valence-electron chi connectivity index (χ3n) is 3.48. The van der Waals surface area contributed by atoms with Gasteiger partial charge in [-0.2, -0.15) is 0 Å². The summed E-state index contributed by atoms with van der Waals surface area (Å²) in [5, 5.41) is 12.3. The molecular weight excluding hydrogens is 180 g/mol. The highest BCUT2D eigenvalue weighted by Crippen LogP contribution is 2.42. The Bertz CT molecular complexity index is 238. The number of carbonyl (C=O) groups is 1. The summed E-state index contributed by atoms with van der Waals surface area (Å²) in [6.45, 7) is 0.937. The number of nitrogens with zero attached hydrogens (tertiary/aromatic N) is 1. The van der Waals surface area contributed by atoms with Crippen LogP contribution in [-0.2, 0) is 4.79 Å². The van der Waals surface area contributed by atoms with Crippen LogP contribution in [0.2, 0.25) is 0 Å². The summed E-state index contributed by atoms with van der Waals surface area (Å²) in [5.41, 5.74) is -0.188. The molecule has 1 amide bonds. The van der Waals surface area contributed by atoms with Gasteiger partial charge < -0.3 is 15.3 Å². The maximum absolute atomic E-state index is 12.0. The Morgan fingerprint density at radius 1 is 1.64 bits per heavy atom. The average molecular weight is 198 g/mol. The van der Waals surface area contributed by atoms with Crippen LogP contribution in [0.15, 0.2) is 0 Å². The number of hydrogen-bond donors (Lipinski definition) is 2. The molecule has 2 fully saturated rings. The van der Waals surface area contributed by atoms with Crippen molar-refractivity contribution in [3.63, 3.8) is 0 Å². The van der Waals surface area contributed by atoms with Gasteiger partial charge in [-0.15, -0.1) is 0 Å². The van der Waals surface area contributed by atoms with Gasteiger partial charge in [0.1, 0.15) is 0 Å². The van der Waals surface area contributed by atoms with Crippen molar-refractivity contribution < 1.29 is 9.90 Å². The van der Waals surface area contributed by atoms with Crippen LogP contribution < -0.4 is 5.32 Å². The zero-order chi connectivity index (χ0) is 10.2. The highest BCUT2D eigenvalue weighted by Gasteiger charge is 2.51. The Labute approximate surface area is 84.3 Å². The zero-order valence-electron chi connectivity index (χ0n) is 8.62. The van der Waals surface area contributed by atoms with Crippen LogP contribution in [0.1, 0.15) is 25.7 Å². The van der Waals surface area contributed by atoms with Gasteiger partial charge in [-0.25, -0.2) is 0 Å². The lowest BCUT2D eigenvalue weighted by atomic mass is 10.0. The number of nitrogens with one attached hydrogen (secondary N) is 1. The SMILES string of the molecule is CNC1CCCN(C2(CO)CC2)C1=O. The standard InChI is InChI=1S/C10H18N2O2/c1-11-8-3-2-6-12(9(8)14)10(7-13)4-5-10/h8,11,13H,2-7H2,1H3. The van der Waals surface area contributed by atoms with Gasteiger partial charge in [0.05, 0.1) is 18.2 Å². The molecule has 2 aliphatic rings. The highest BCUT2D eigenvalue weighted by atomic mass is 16.3. The van der Waals surface area contributed by atoms with Crippen LogP contribution in [0.4, 0.5) is 0 Å². The molecule has 80 valence electrons. The number of piperidine rings is 1. The van der Waals surface area contributed by atoms with Crippen molar-refractivity contribution in [2.75, 3.05) is 20.2 Å². The number of aliphatic hydroxyl groups excluding tert-OH is 1. The van der Waals surface area contributed by atoms with Crippen molar-refractivity contribution in [3.8, 4) is 0 Å². The largest absolute Gasteiger partial charge is 0.394 e. The molecular formula is C10H18N2O2. The molecule has 2 N–H and O–H groups in total. The molecule has 1 aliphatic carbocycles. The van der Waals surface area contributed by atoms with E-state index >= 15 is 0 Å². The molecule has 1 heterocycles. The minimum Gasteiger partial charge on any atom is -0.394 e. The molecule has 0 bridgehead atoms. The van der Waals surface area contributed by atoms with Gasteiger partial charge >= 0.3 is 0 Å². The van der Waals surface area contributed by atoms with Crippen LogP contribution in [0.3, 0.4) is 0 Å². The van der Waals surface area contributed by atoms with Gasteiger partial charge in [0.25, 0.3) is 0 Å². The number of rotatable bonds is 3. The Balaban J connectivity index is 2.08. The van der Waals surface area contributed by atoms with Crippen LogP contribution in [0, 0.1) is 0 Å². The van der Waals surface area contributed by atoms with Crippen LogP contribution in [0.5, 0.6) is 0 Å². The Kier molecular flexibility index (Phi) is 2.49. The summed E-state index contributed by atoms with van der Waals surface area (Å²) in [4.78, 5) is 13.8. The van der Waals surface area contributed by atoms with Crippen LogP contribution in [-0.4, -0.2) is 47.7 Å². The summed E-state index contributed by atoms with van der Waals surface area (Å²) in [5.74, 6) is 0.172. The zero-order valence-corrected chi connectivity index (χ0v) is 8.62. The fourth-order valence-corrected chi connectivity index (χ4v) is 2.27. The van der Waals surface area contributed by atoms with Crippen molar-refractivity contribution in [3.05, 3.63) is 0 Å². The van der Waals surface area contributed by atoms with E-state index in [9.17, 15) is 9.90 Å². The molecule has 4 heteroatoms. The van der Waals surface area contributed by atoms with Crippen molar-refractivity contribution in [1.82, 2.24) is 10.2 Å². The minimum absolute atomic E-state index is 0.0345. The Morgan fingerprint density at radius 3 is 2.86 bits per heavy atom. The van der Waals surface area contributed by atoms with Crippen molar-refractivity contribution in [2.45, 2.75) is 37.3 Å². The summed E-state index contributed by atoms with van der Waals surface area (Å²) in [7, 11) is 1.82. The van der Waals surface area contributed by atoms with E-state index < -0.39 is 0 Å². The molecule has 0 spiro atoms. The third-order valence-corrected chi connectivity index (χ3v) is 3.48. The molecule has 14 heavy (non-hydrogen) atoms. The molecule has 1 saturated heterocycles. The first-order valence-electron chi connectivity index (χ1n) is 5.33. The molecule has 1 atom stereocenters. The van der Waals surface area contributed by atoms with E-state index in [0.29, 0.717) is 0 Å². The second kappa shape index (κ2) is 3.51. The topological polar surface area (TPSA) is 52.6 Å². The molecule has 4 nitrogen and oxygen atoms in total. The molecule has 1 saturated carbocycles. The lowest BCUT2D eigenvalue weighted by molar-refractivity contribution is -0.140. The van der Waals surface area contributed by atoms with Crippen LogP contribution in [0.25, 0.3) is 0 Å². The quantitative estimate of drug-likeness (QED) is 0.656. The smallest absolute Gasteiger partial charge is 0.240 e. The number of carbonyl (C=O) groups excluding carboxylic acids is 1. The summed E-state index contributed by atoms with van der Waals surface area (Å²) < 4.78 is 0. The Hall–Kier alpha value is -0.610. The van der Waals surface area contributed by atoms with E-state index in [1.807, 2.05) is 11.9 Å². The van der Waals surface area contributed by atoms with Gasteiger partial charge in [-0.1, -0.05) is 0 Å². The average Bonchev–Trinajstić information content (AvgIpc) is 2.99. The maximum atomic E-state index is 12.0. The second-order valence-electron chi connectivity index (χ2n) is 4.36. The molecule has 0 aromatic rings. The number of amides is 1. The van der Waals surface area contributed by atoms with Gasteiger partial charge in [0.2, 0.25) is 5.91 Å². The first kappa shape index (κ1) is 9.93. The van der Waals surface area contributed by atoms with Crippen LogP contribution >= 0.6 is 0 Å². The lowest BCUT2D eigenvalue weighted by Gasteiger charge is -2.37. The van der Waals surface area contributed by atoms with E-state index in [1.54, 1.807) is 0 Å². The predicted octanol–water partition coefficient (Wildman–Crippen LogP) is -0.278. The molecule has 0 radical (unpaired) electrons. The summed E-state index contributed by atoms with van der Waals surface area (Å²) in [6, 6.07) is -0.0345. The summed E-state index contributed by atoms with van der Waals surface area (Å²) >= 11 is 0. The molecule has 0 aromatic carbocycles. The summed E-state index contributed by atoms with van der Waals surface area (Å²) in [6.07, 6.45) is 3.89. The van der Waals surface area contributed by atoms with Gasteiger partial charge in [-0.3, -0.25) is 4.79 Å². The lowest BCUT2D eigenvalue weighted by Crippen LogP contribution is -2.55. The molecule has 1 aliphatic heterocycles. The number of hydrogen-bond acceptors (Lipinski definition) is 3. The fourth-order valence-electron chi connectivity index (χ4n) is 2.27. The minimum atomic E-state index is -0.188.